The summed E-state index contributed by atoms with van der Waals surface area (Å²) < 4.78 is 5.10. The SMILES string of the molecule is O=C(O)C1CN(C(=O)CCCSc2ccc(Cl)cc2)CCO1. The largest absolute Gasteiger partial charge is 0.479 e. The van der Waals surface area contributed by atoms with Gasteiger partial charge >= 0.3 is 5.97 Å². The molecule has 1 fully saturated rings. The zero-order valence-corrected chi connectivity index (χ0v) is 13.6. The normalized spacial score (nSPS) is 18.2. The van der Waals surface area contributed by atoms with E-state index in [9.17, 15) is 9.59 Å². The Hall–Kier alpha value is -1.24. The van der Waals surface area contributed by atoms with Gasteiger partial charge in [0.25, 0.3) is 0 Å². The molecular weight excluding hydrogens is 326 g/mol. The zero-order chi connectivity index (χ0) is 15.9. The Kier molecular flexibility index (Phi) is 6.54. The molecular formula is C15H18ClNO4S. The summed E-state index contributed by atoms with van der Waals surface area (Å²) in [4.78, 5) is 25.7. The first-order valence-electron chi connectivity index (χ1n) is 7.07. The molecule has 1 aromatic rings. The number of halogens is 1. The number of carboxylic acid groups (broad SMARTS) is 1. The van der Waals surface area contributed by atoms with Crippen LogP contribution in [0.1, 0.15) is 12.8 Å². The van der Waals surface area contributed by atoms with E-state index in [2.05, 4.69) is 0 Å². The van der Waals surface area contributed by atoms with Crippen molar-refractivity contribution in [3.63, 3.8) is 0 Å². The van der Waals surface area contributed by atoms with Crippen LogP contribution in [0, 0.1) is 0 Å². The van der Waals surface area contributed by atoms with Crippen molar-refractivity contribution in [2.75, 3.05) is 25.4 Å². The Morgan fingerprint density at radius 3 is 2.77 bits per heavy atom. The van der Waals surface area contributed by atoms with E-state index in [1.54, 1.807) is 16.7 Å². The highest BCUT2D eigenvalue weighted by atomic mass is 35.5. The number of hydrogen-bond acceptors (Lipinski definition) is 4. The molecule has 1 N–H and O–H groups in total. The van der Waals surface area contributed by atoms with Crippen LogP contribution in [0.15, 0.2) is 29.2 Å². The van der Waals surface area contributed by atoms with Crippen molar-refractivity contribution in [2.24, 2.45) is 0 Å². The van der Waals surface area contributed by atoms with Crippen LogP contribution >= 0.6 is 23.4 Å². The minimum absolute atomic E-state index is 0.00810. The molecule has 22 heavy (non-hydrogen) atoms. The van der Waals surface area contributed by atoms with Gasteiger partial charge in [-0.1, -0.05) is 11.6 Å². The molecule has 1 aromatic carbocycles. The molecule has 0 aromatic heterocycles. The molecule has 1 atom stereocenters. The first-order chi connectivity index (χ1) is 10.6. The van der Waals surface area contributed by atoms with Crippen molar-refractivity contribution in [3.8, 4) is 0 Å². The van der Waals surface area contributed by atoms with Crippen LogP contribution in [0.25, 0.3) is 0 Å². The average molecular weight is 344 g/mol. The molecule has 1 aliphatic rings. The van der Waals surface area contributed by atoms with Crippen molar-refractivity contribution in [3.05, 3.63) is 29.3 Å². The first-order valence-corrected chi connectivity index (χ1v) is 8.43. The Morgan fingerprint density at radius 2 is 2.09 bits per heavy atom. The number of hydrogen-bond donors (Lipinski definition) is 1. The van der Waals surface area contributed by atoms with Crippen LogP contribution < -0.4 is 0 Å². The molecule has 1 saturated heterocycles. The molecule has 2 rings (SSSR count). The van der Waals surface area contributed by atoms with E-state index in [4.69, 9.17) is 21.4 Å². The molecule has 120 valence electrons. The fourth-order valence-corrected chi connectivity index (χ4v) is 3.11. The van der Waals surface area contributed by atoms with Crippen LogP contribution in [0.3, 0.4) is 0 Å². The second-order valence-corrected chi connectivity index (χ2v) is 6.55. The molecule has 1 heterocycles. The lowest BCUT2D eigenvalue weighted by Crippen LogP contribution is -2.48. The summed E-state index contributed by atoms with van der Waals surface area (Å²) in [5.41, 5.74) is 0. The standard InChI is InChI=1S/C15H18ClNO4S/c16-11-3-5-12(6-4-11)22-9-1-2-14(18)17-7-8-21-13(10-17)15(19)20/h3-6,13H,1-2,7-10H2,(H,19,20). The number of nitrogens with zero attached hydrogens (tertiary/aromatic N) is 1. The van der Waals surface area contributed by atoms with Crippen LogP contribution in [-0.4, -0.2) is 53.4 Å². The maximum Gasteiger partial charge on any atom is 0.334 e. The van der Waals surface area contributed by atoms with E-state index in [1.807, 2.05) is 24.3 Å². The van der Waals surface area contributed by atoms with Gasteiger partial charge in [0.2, 0.25) is 5.91 Å². The summed E-state index contributed by atoms with van der Waals surface area (Å²) in [7, 11) is 0. The highest BCUT2D eigenvalue weighted by Gasteiger charge is 2.28. The lowest BCUT2D eigenvalue weighted by molar-refractivity contribution is -0.159. The number of aliphatic carboxylic acids is 1. The van der Waals surface area contributed by atoms with Gasteiger partial charge in [0.1, 0.15) is 0 Å². The van der Waals surface area contributed by atoms with Gasteiger partial charge in [-0.25, -0.2) is 4.79 Å². The molecule has 7 heteroatoms. The van der Waals surface area contributed by atoms with E-state index < -0.39 is 12.1 Å². The highest BCUT2D eigenvalue weighted by molar-refractivity contribution is 7.99. The summed E-state index contributed by atoms with van der Waals surface area (Å²) in [6.45, 7) is 0.883. The van der Waals surface area contributed by atoms with Crippen molar-refractivity contribution >= 4 is 35.2 Å². The molecule has 5 nitrogen and oxygen atoms in total. The van der Waals surface area contributed by atoms with E-state index in [1.165, 1.54) is 0 Å². The highest BCUT2D eigenvalue weighted by Crippen LogP contribution is 2.21. The Bertz CT molecular complexity index is 523. The molecule has 0 radical (unpaired) electrons. The lowest BCUT2D eigenvalue weighted by atomic mass is 10.2. The third-order valence-electron chi connectivity index (χ3n) is 3.31. The Balaban J connectivity index is 1.69. The molecule has 0 spiro atoms. The Labute approximate surface area is 138 Å². The zero-order valence-electron chi connectivity index (χ0n) is 12.0. The second-order valence-electron chi connectivity index (χ2n) is 4.94. The van der Waals surface area contributed by atoms with E-state index in [0.717, 1.165) is 17.1 Å². The summed E-state index contributed by atoms with van der Waals surface area (Å²) in [6, 6.07) is 7.59. The van der Waals surface area contributed by atoms with Crippen LogP contribution in [0.5, 0.6) is 0 Å². The number of carbonyl (C=O) groups is 2. The summed E-state index contributed by atoms with van der Waals surface area (Å²) in [5, 5.41) is 9.63. The molecule has 0 aliphatic carbocycles. The summed E-state index contributed by atoms with van der Waals surface area (Å²) in [5.74, 6) is -0.192. The molecule has 1 unspecified atom stereocenters. The number of amides is 1. The monoisotopic (exact) mass is 343 g/mol. The van der Waals surface area contributed by atoms with Gasteiger partial charge in [0.05, 0.1) is 13.2 Å². The van der Waals surface area contributed by atoms with Crippen molar-refractivity contribution < 1.29 is 19.4 Å². The van der Waals surface area contributed by atoms with Crippen molar-refractivity contribution in [1.29, 1.82) is 0 Å². The topological polar surface area (TPSA) is 66.8 Å². The van der Waals surface area contributed by atoms with Crippen LogP contribution in [0.2, 0.25) is 5.02 Å². The Morgan fingerprint density at radius 1 is 1.36 bits per heavy atom. The summed E-state index contributed by atoms with van der Waals surface area (Å²) >= 11 is 7.50. The fraction of sp³-hybridized carbons (Fsp3) is 0.467. The van der Waals surface area contributed by atoms with Gasteiger partial charge in [-0.2, -0.15) is 0 Å². The molecule has 1 aliphatic heterocycles. The summed E-state index contributed by atoms with van der Waals surface area (Å²) in [6.07, 6.45) is 0.273. The predicted octanol–water partition coefficient (Wildman–Crippen LogP) is 2.52. The van der Waals surface area contributed by atoms with Gasteiger partial charge < -0.3 is 14.7 Å². The quantitative estimate of drug-likeness (QED) is 0.635. The molecule has 1 amide bonds. The van der Waals surface area contributed by atoms with E-state index in [0.29, 0.717) is 18.0 Å². The average Bonchev–Trinajstić information content (AvgIpc) is 2.53. The smallest absolute Gasteiger partial charge is 0.334 e. The number of benzene rings is 1. The number of carboxylic acids is 1. The van der Waals surface area contributed by atoms with Crippen molar-refractivity contribution in [2.45, 2.75) is 23.8 Å². The molecule has 0 bridgehead atoms. The van der Waals surface area contributed by atoms with Crippen LogP contribution in [-0.2, 0) is 14.3 Å². The van der Waals surface area contributed by atoms with Gasteiger partial charge in [-0.3, -0.25) is 4.79 Å². The molecule has 0 saturated carbocycles. The van der Waals surface area contributed by atoms with Gasteiger partial charge in [0.15, 0.2) is 6.10 Å². The number of rotatable bonds is 6. The van der Waals surface area contributed by atoms with Gasteiger partial charge in [-0.05, 0) is 36.4 Å². The van der Waals surface area contributed by atoms with Crippen LogP contribution in [0.4, 0.5) is 0 Å². The van der Waals surface area contributed by atoms with Gasteiger partial charge in [0, 0.05) is 22.9 Å². The van der Waals surface area contributed by atoms with Crippen molar-refractivity contribution in [1.82, 2.24) is 4.90 Å². The maximum atomic E-state index is 12.1. The van der Waals surface area contributed by atoms with E-state index >= 15 is 0 Å². The first kappa shape index (κ1) is 17.1. The minimum Gasteiger partial charge on any atom is -0.479 e. The number of carbonyl (C=O) groups excluding carboxylic acids is 1. The number of thioether (sulfide) groups is 1. The number of ether oxygens (including phenoxy) is 1. The fourth-order valence-electron chi connectivity index (χ4n) is 2.13. The van der Waals surface area contributed by atoms with E-state index in [-0.39, 0.29) is 19.1 Å². The predicted molar refractivity (Wildman–Crippen MR) is 85.4 cm³/mol. The third-order valence-corrected chi connectivity index (χ3v) is 4.66. The maximum absolute atomic E-state index is 12.1. The number of morpholine rings is 1. The second kappa shape index (κ2) is 8.41. The minimum atomic E-state index is -1.02. The third kappa shape index (κ3) is 5.19. The lowest BCUT2D eigenvalue weighted by Gasteiger charge is -2.30. The van der Waals surface area contributed by atoms with Gasteiger partial charge in [-0.15, -0.1) is 11.8 Å².